The molecule has 0 bridgehead atoms. The number of Topliss-reactive ketones (excluding diaryl/α,β-unsaturated/α-hetero) is 1. The van der Waals surface area contributed by atoms with Crippen molar-refractivity contribution in [3.05, 3.63) is 65.4 Å². The lowest BCUT2D eigenvalue weighted by Crippen LogP contribution is -2.35. The van der Waals surface area contributed by atoms with Gasteiger partial charge in [-0.15, -0.1) is 0 Å². The van der Waals surface area contributed by atoms with Gasteiger partial charge in [-0.1, -0.05) is 30.3 Å². The van der Waals surface area contributed by atoms with Crippen molar-refractivity contribution in [2.75, 3.05) is 13.1 Å². The third-order valence-corrected chi connectivity index (χ3v) is 4.96. The average Bonchev–Trinajstić information content (AvgIpc) is 3.10. The molecule has 1 N–H and O–H groups in total. The number of nitrogens with one attached hydrogen (secondary N) is 1. The molecule has 2 aromatic carbocycles. The molecule has 1 aliphatic heterocycles. The zero-order valence-corrected chi connectivity index (χ0v) is 14.6. The molecule has 0 aliphatic carbocycles. The van der Waals surface area contributed by atoms with Gasteiger partial charge < -0.3 is 4.90 Å². The van der Waals surface area contributed by atoms with Gasteiger partial charge in [0.05, 0.1) is 17.6 Å². The summed E-state index contributed by atoms with van der Waals surface area (Å²) >= 11 is 0. The van der Waals surface area contributed by atoms with Gasteiger partial charge in [0.1, 0.15) is 0 Å². The van der Waals surface area contributed by atoms with E-state index in [0.29, 0.717) is 11.1 Å². The predicted octanol–water partition coefficient (Wildman–Crippen LogP) is 3.61. The molecule has 5 heteroatoms. The van der Waals surface area contributed by atoms with E-state index in [2.05, 4.69) is 10.2 Å². The molecule has 26 heavy (non-hydrogen) atoms. The Morgan fingerprint density at radius 1 is 0.962 bits per heavy atom. The lowest BCUT2D eigenvalue weighted by atomic mass is 10.0. The van der Waals surface area contributed by atoms with Crippen molar-refractivity contribution in [2.45, 2.75) is 25.7 Å². The fourth-order valence-corrected chi connectivity index (χ4v) is 3.50. The SMILES string of the molecule is O=C(Cc1[nH]nc2ccc(C(=O)N3CCCCC3)cc12)c1ccccc1. The van der Waals surface area contributed by atoms with Crippen molar-refractivity contribution >= 4 is 22.6 Å². The summed E-state index contributed by atoms with van der Waals surface area (Å²) in [7, 11) is 0. The number of carbonyl (C=O) groups is 2. The minimum absolute atomic E-state index is 0.0314. The van der Waals surface area contributed by atoms with Gasteiger partial charge in [0.15, 0.2) is 5.78 Å². The number of fused-ring (bicyclic) bond motifs is 1. The number of rotatable bonds is 4. The highest BCUT2D eigenvalue weighted by Crippen LogP contribution is 2.21. The predicted molar refractivity (Wildman–Crippen MR) is 100 cm³/mol. The second-order valence-electron chi connectivity index (χ2n) is 6.75. The lowest BCUT2D eigenvalue weighted by Gasteiger charge is -2.26. The molecule has 5 nitrogen and oxygen atoms in total. The van der Waals surface area contributed by atoms with Crippen molar-refractivity contribution in [1.82, 2.24) is 15.1 Å². The minimum Gasteiger partial charge on any atom is -0.339 e. The van der Waals surface area contributed by atoms with E-state index in [0.717, 1.165) is 42.5 Å². The fraction of sp³-hybridized carbons (Fsp3) is 0.286. The highest BCUT2D eigenvalue weighted by molar-refractivity contribution is 6.01. The van der Waals surface area contributed by atoms with Crippen molar-refractivity contribution in [3.8, 4) is 0 Å². The fourth-order valence-electron chi connectivity index (χ4n) is 3.50. The number of hydrogen-bond acceptors (Lipinski definition) is 3. The van der Waals surface area contributed by atoms with E-state index in [9.17, 15) is 9.59 Å². The summed E-state index contributed by atoms with van der Waals surface area (Å²) in [6.45, 7) is 1.64. The number of piperidine rings is 1. The molecule has 1 saturated heterocycles. The molecule has 4 rings (SSSR count). The number of aromatic nitrogens is 2. The maximum absolute atomic E-state index is 12.7. The van der Waals surface area contributed by atoms with Crippen molar-refractivity contribution in [3.63, 3.8) is 0 Å². The van der Waals surface area contributed by atoms with Crippen LogP contribution in [0.15, 0.2) is 48.5 Å². The summed E-state index contributed by atoms with van der Waals surface area (Å²) < 4.78 is 0. The first-order valence-corrected chi connectivity index (χ1v) is 9.07. The van der Waals surface area contributed by atoms with Crippen LogP contribution in [-0.4, -0.2) is 39.9 Å². The molecule has 0 spiro atoms. The van der Waals surface area contributed by atoms with Crippen LogP contribution in [0, 0.1) is 0 Å². The lowest BCUT2D eigenvalue weighted by molar-refractivity contribution is 0.0724. The Kier molecular flexibility index (Phi) is 4.52. The van der Waals surface area contributed by atoms with E-state index >= 15 is 0 Å². The summed E-state index contributed by atoms with van der Waals surface area (Å²) in [5, 5.41) is 8.09. The number of amides is 1. The quantitative estimate of drug-likeness (QED) is 0.733. The smallest absolute Gasteiger partial charge is 0.253 e. The highest BCUT2D eigenvalue weighted by atomic mass is 16.2. The van der Waals surface area contributed by atoms with Crippen molar-refractivity contribution in [1.29, 1.82) is 0 Å². The van der Waals surface area contributed by atoms with Gasteiger partial charge in [0, 0.05) is 29.6 Å². The summed E-state index contributed by atoms with van der Waals surface area (Å²) in [6.07, 6.45) is 3.56. The summed E-state index contributed by atoms with van der Waals surface area (Å²) in [4.78, 5) is 27.2. The Morgan fingerprint density at radius 3 is 2.50 bits per heavy atom. The number of H-pyrrole nitrogens is 1. The van der Waals surface area contributed by atoms with Crippen LogP contribution < -0.4 is 0 Å². The third-order valence-electron chi connectivity index (χ3n) is 4.96. The number of likely N-dealkylation sites (tertiary alicyclic amines) is 1. The molecule has 1 aromatic heterocycles. The second-order valence-corrected chi connectivity index (χ2v) is 6.75. The van der Waals surface area contributed by atoms with Crippen LogP contribution in [0.1, 0.15) is 45.7 Å². The first kappa shape index (κ1) is 16.5. The summed E-state index contributed by atoms with van der Waals surface area (Å²) in [5.74, 6) is 0.0945. The van der Waals surface area contributed by atoms with Crippen LogP contribution in [0.3, 0.4) is 0 Å². The molecule has 1 amide bonds. The molecule has 0 atom stereocenters. The Bertz CT molecular complexity index is 940. The number of carbonyl (C=O) groups excluding carboxylic acids is 2. The molecular formula is C21H21N3O2. The number of ketones is 1. The zero-order valence-electron chi connectivity index (χ0n) is 14.6. The van der Waals surface area contributed by atoms with E-state index in [1.165, 1.54) is 6.42 Å². The molecule has 132 valence electrons. The summed E-state index contributed by atoms with van der Waals surface area (Å²) in [6, 6.07) is 14.8. The Morgan fingerprint density at radius 2 is 1.73 bits per heavy atom. The van der Waals surface area contributed by atoms with Gasteiger partial charge in [-0.3, -0.25) is 14.7 Å². The van der Waals surface area contributed by atoms with E-state index < -0.39 is 0 Å². The number of benzene rings is 2. The van der Waals surface area contributed by atoms with Crippen molar-refractivity contribution in [2.24, 2.45) is 0 Å². The molecule has 0 radical (unpaired) electrons. The van der Waals surface area contributed by atoms with E-state index in [4.69, 9.17) is 0 Å². The van der Waals surface area contributed by atoms with Crippen LogP contribution in [0.2, 0.25) is 0 Å². The van der Waals surface area contributed by atoms with Gasteiger partial charge >= 0.3 is 0 Å². The van der Waals surface area contributed by atoms with Gasteiger partial charge in [0.25, 0.3) is 5.91 Å². The van der Waals surface area contributed by atoms with Crippen LogP contribution >= 0.6 is 0 Å². The molecule has 2 heterocycles. The average molecular weight is 347 g/mol. The van der Waals surface area contributed by atoms with E-state index in [1.54, 1.807) is 0 Å². The van der Waals surface area contributed by atoms with Gasteiger partial charge in [-0.05, 0) is 37.5 Å². The molecule has 1 aliphatic rings. The van der Waals surface area contributed by atoms with Crippen LogP contribution in [0.25, 0.3) is 10.9 Å². The largest absolute Gasteiger partial charge is 0.339 e. The standard InChI is InChI=1S/C21H21N3O2/c25-20(15-7-3-1-4-8-15)14-19-17-13-16(9-10-18(17)22-23-19)21(26)24-11-5-2-6-12-24/h1,3-4,7-10,13H,2,5-6,11-12,14H2,(H,22,23). The maximum atomic E-state index is 12.7. The molecular weight excluding hydrogens is 326 g/mol. The minimum atomic E-state index is 0.0314. The van der Waals surface area contributed by atoms with Crippen molar-refractivity contribution < 1.29 is 9.59 Å². The highest BCUT2D eigenvalue weighted by Gasteiger charge is 2.19. The first-order valence-electron chi connectivity index (χ1n) is 9.07. The van der Waals surface area contributed by atoms with Gasteiger partial charge in [-0.25, -0.2) is 0 Å². The van der Waals surface area contributed by atoms with E-state index in [-0.39, 0.29) is 18.1 Å². The van der Waals surface area contributed by atoms with Crippen LogP contribution in [0.4, 0.5) is 0 Å². The Balaban J connectivity index is 1.60. The molecule has 1 fully saturated rings. The van der Waals surface area contributed by atoms with E-state index in [1.807, 2.05) is 53.4 Å². The Labute approximate surface area is 152 Å². The molecule has 0 unspecified atom stereocenters. The normalized spacial score (nSPS) is 14.5. The molecule has 0 saturated carbocycles. The zero-order chi connectivity index (χ0) is 17.9. The second kappa shape index (κ2) is 7.12. The van der Waals surface area contributed by atoms with Gasteiger partial charge in [0.2, 0.25) is 0 Å². The monoisotopic (exact) mass is 347 g/mol. The Hall–Kier alpha value is -2.95. The number of hydrogen-bond donors (Lipinski definition) is 1. The third kappa shape index (κ3) is 3.25. The number of nitrogens with zero attached hydrogens (tertiary/aromatic N) is 2. The van der Waals surface area contributed by atoms with Gasteiger partial charge in [-0.2, -0.15) is 5.10 Å². The summed E-state index contributed by atoms with van der Waals surface area (Å²) in [5.41, 5.74) is 2.86. The topological polar surface area (TPSA) is 66.1 Å². The molecule has 3 aromatic rings. The number of aromatic amines is 1. The maximum Gasteiger partial charge on any atom is 0.253 e. The van der Waals surface area contributed by atoms with Crippen LogP contribution in [0.5, 0.6) is 0 Å². The van der Waals surface area contributed by atoms with Crippen LogP contribution in [-0.2, 0) is 6.42 Å². The first-order chi connectivity index (χ1) is 12.7.